The molecule has 1 saturated heterocycles. The van der Waals surface area contributed by atoms with Crippen LogP contribution in [0.5, 0.6) is 0 Å². The molecule has 1 N–H and O–H groups in total. The molecule has 0 spiro atoms. The minimum Gasteiger partial charge on any atom is -0.333 e. The van der Waals surface area contributed by atoms with Gasteiger partial charge in [0.05, 0.1) is 0 Å². The normalized spacial score (nSPS) is 17.3. The van der Waals surface area contributed by atoms with Gasteiger partial charge in [0.2, 0.25) is 0 Å². The van der Waals surface area contributed by atoms with Crippen molar-refractivity contribution in [2.45, 2.75) is 5.37 Å². The van der Waals surface area contributed by atoms with Gasteiger partial charge in [0.15, 0.2) is 5.11 Å². The van der Waals surface area contributed by atoms with Crippen LogP contribution in [0.3, 0.4) is 0 Å². The molecule has 1 fully saturated rings. The second-order valence-electron chi connectivity index (χ2n) is 5.02. The summed E-state index contributed by atoms with van der Waals surface area (Å²) in [7, 11) is 0. The van der Waals surface area contributed by atoms with Crippen LogP contribution in [0.15, 0.2) is 42.5 Å². The number of anilines is 1. The number of hydrogen-bond donors (Lipinski definition) is 1. The molecule has 1 aliphatic rings. The van der Waals surface area contributed by atoms with Gasteiger partial charge in [-0.3, -0.25) is 0 Å². The first-order chi connectivity index (χ1) is 11.0. The van der Waals surface area contributed by atoms with Crippen molar-refractivity contribution in [1.29, 1.82) is 0 Å². The van der Waals surface area contributed by atoms with E-state index in [4.69, 9.17) is 47.0 Å². The molecule has 0 aliphatic carbocycles. The summed E-state index contributed by atoms with van der Waals surface area (Å²) in [4.78, 5) is 2.14. The Morgan fingerprint density at radius 2 is 1.78 bits per heavy atom. The lowest BCUT2D eigenvalue weighted by Crippen LogP contribution is -2.34. The highest BCUT2D eigenvalue weighted by Gasteiger charge is 2.30. The maximum absolute atomic E-state index is 6.35. The standard InChI is InChI=1S/C16H13Cl3N2S2/c17-10-1-4-12(5-2-10)20-16(22)21-7-8-23-15(21)13-6-3-11(18)9-14(13)19/h1-6,9,15H,7-8H2,(H,20,22)/t15-/m0/s1. The molecule has 0 amide bonds. The number of hydrogen-bond acceptors (Lipinski definition) is 2. The Labute approximate surface area is 160 Å². The summed E-state index contributed by atoms with van der Waals surface area (Å²) in [5, 5.41) is 6.02. The van der Waals surface area contributed by atoms with Crippen LogP contribution >= 0.6 is 58.8 Å². The first-order valence-electron chi connectivity index (χ1n) is 6.94. The second-order valence-corrected chi connectivity index (χ2v) is 7.87. The monoisotopic (exact) mass is 402 g/mol. The molecule has 2 aromatic rings. The molecule has 1 atom stereocenters. The molecule has 1 heterocycles. The number of thioether (sulfide) groups is 1. The van der Waals surface area contributed by atoms with Gasteiger partial charge in [-0.1, -0.05) is 40.9 Å². The van der Waals surface area contributed by atoms with Crippen molar-refractivity contribution >= 4 is 69.6 Å². The maximum atomic E-state index is 6.35. The van der Waals surface area contributed by atoms with E-state index in [0.717, 1.165) is 23.5 Å². The Hall–Kier alpha value is -0.650. The topological polar surface area (TPSA) is 15.3 Å². The average molecular weight is 404 g/mol. The zero-order valence-electron chi connectivity index (χ0n) is 11.9. The summed E-state index contributed by atoms with van der Waals surface area (Å²) >= 11 is 25.6. The minimum atomic E-state index is 0.0899. The van der Waals surface area contributed by atoms with Crippen LogP contribution in [0, 0.1) is 0 Å². The highest BCUT2D eigenvalue weighted by atomic mass is 35.5. The summed E-state index contributed by atoms with van der Waals surface area (Å²) in [6, 6.07) is 13.1. The Kier molecular flexibility index (Phi) is 5.60. The predicted octanol–water partition coefficient (Wildman–Crippen LogP) is 6.09. The van der Waals surface area contributed by atoms with Gasteiger partial charge in [0.1, 0.15) is 5.37 Å². The van der Waals surface area contributed by atoms with Gasteiger partial charge in [-0.25, -0.2) is 0 Å². The quantitative estimate of drug-likeness (QED) is 0.610. The van der Waals surface area contributed by atoms with Crippen LogP contribution in [-0.4, -0.2) is 22.3 Å². The fraction of sp³-hybridized carbons (Fsp3) is 0.188. The third kappa shape index (κ3) is 4.06. The first-order valence-corrected chi connectivity index (χ1v) is 9.53. The van der Waals surface area contributed by atoms with Crippen LogP contribution in [0.25, 0.3) is 0 Å². The Bertz CT molecular complexity index is 722. The molecule has 0 unspecified atom stereocenters. The molecular formula is C16H13Cl3N2S2. The molecule has 2 nitrogen and oxygen atoms in total. The van der Waals surface area contributed by atoms with E-state index in [1.165, 1.54) is 0 Å². The Balaban J connectivity index is 1.78. The maximum Gasteiger partial charge on any atom is 0.174 e. The van der Waals surface area contributed by atoms with E-state index in [9.17, 15) is 0 Å². The van der Waals surface area contributed by atoms with Gasteiger partial charge in [0, 0.05) is 38.6 Å². The lowest BCUT2D eigenvalue weighted by molar-refractivity contribution is 0.458. The zero-order chi connectivity index (χ0) is 16.4. The zero-order valence-corrected chi connectivity index (χ0v) is 15.8. The van der Waals surface area contributed by atoms with Crippen molar-refractivity contribution < 1.29 is 0 Å². The summed E-state index contributed by atoms with van der Waals surface area (Å²) in [6.45, 7) is 0.869. The summed E-state index contributed by atoms with van der Waals surface area (Å²) < 4.78 is 0. The van der Waals surface area contributed by atoms with Crippen molar-refractivity contribution in [2.75, 3.05) is 17.6 Å². The molecule has 23 heavy (non-hydrogen) atoms. The van der Waals surface area contributed by atoms with Crippen molar-refractivity contribution in [3.8, 4) is 0 Å². The van der Waals surface area contributed by atoms with Crippen molar-refractivity contribution in [2.24, 2.45) is 0 Å². The van der Waals surface area contributed by atoms with Crippen LogP contribution in [0.4, 0.5) is 5.69 Å². The predicted molar refractivity (Wildman–Crippen MR) is 106 cm³/mol. The van der Waals surface area contributed by atoms with Crippen molar-refractivity contribution in [3.05, 3.63) is 63.1 Å². The summed E-state index contributed by atoms with van der Waals surface area (Å²) in [5.41, 5.74) is 1.94. The van der Waals surface area contributed by atoms with Gasteiger partial charge in [0.25, 0.3) is 0 Å². The molecule has 2 aromatic carbocycles. The summed E-state index contributed by atoms with van der Waals surface area (Å²) in [5.74, 6) is 0.992. The van der Waals surface area contributed by atoms with Crippen LogP contribution < -0.4 is 5.32 Å². The van der Waals surface area contributed by atoms with Crippen LogP contribution in [-0.2, 0) is 0 Å². The molecule has 0 saturated carbocycles. The van der Waals surface area contributed by atoms with Crippen molar-refractivity contribution in [3.63, 3.8) is 0 Å². The van der Waals surface area contributed by atoms with E-state index in [-0.39, 0.29) is 5.37 Å². The van der Waals surface area contributed by atoms with E-state index < -0.39 is 0 Å². The number of nitrogens with one attached hydrogen (secondary N) is 1. The number of benzene rings is 2. The highest BCUT2D eigenvalue weighted by Crippen LogP contribution is 2.41. The number of nitrogens with zero attached hydrogens (tertiary/aromatic N) is 1. The molecule has 0 aromatic heterocycles. The van der Waals surface area contributed by atoms with E-state index in [0.29, 0.717) is 20.2 Å². The number of halogens is 3. The number of rotatable bonds is 2. The lowest BCUT2D eigenvalue weighted by atomic mass is 10.2. The van der Waals surface area contributed by atoms with Gasteiger partial charge in [-0.15, -0.1) is 11.8 Å². The SMILES string of the molecule is S=C(Nc1ccc(Cl)cc1)N1CCS[C@H]1c1ccc(Cl)cc1Cl. The van der Waals surface area contributed by atoms with Crippen LogP contribution in [0.2, 0.25) is 15.1 Å². The summed E-state index contributed by atoms with van der Waals surface area (Å²) in [6.07, 6.45) is 0. The minimum absolute atomic E-state index is 0.0899. The van der Waals surface area contributed by atoms with Gasteiger partial charge in [-0.05, 0) is 48.6 Å². The average Bonchev–Trinajstić information content (AvgIpc) is 2.99. The van der Waals surface area contributed by atoms with Gasteiger partial charge < -0.3 is 10.2 Å². The van der Waals surface area contributed by atoms with E-state index >= 15 is 0 Å². The largest absolute Gasteiger partial charge is 0.333 e. The van der Waals surface area contributed by atoms with E-state index in [1.54, 1.807) is 6.07 Å². The fourth-order valence-corrected chi connectivity index (χ4v) is 4.75. The molecule has 7 heteroatoms. The molecule has 0 bridgehead atoms. The molecule has 120 valence electrons. The molecule has 3 rings (SSSR count). The third-order valence-electron chi connectivity index (χ3n) is 3.48. The van der Waals surface area contributed by atoms with E-state index in [2.05, 4.69) is 10.2 Å². The Morgan fingerprint density at radius 1 is 1.09 bits per heavy atom. The smallest absolute Gasteiger partial charge is 0.174 e. The van der Waals surface area contributed by atoms with Crippen LogP contribution in [0.1, 0.15) is 10.9 Å². The second kappa shape index (κ2) is 7.49. The molecule has 0 radical (unpaired) electrons. The third-order valence-corrected chi connectivity index (χ3v) is 5.87. The Morgan fingerprint density at radius 3 is 2.48 bits per heavy atom. The number of thiocarbonyl (C=S) groups is 1. The highest BCUT2D eigenvalue weighted by molar-refractivity contribution is 7.99. The van der Waals surface area contributed by atoms with Gasteiger partial charge >= 0.3 is 0 Å². The van der Waals surface area contributed by atoms with Crippen molar-refractivity contribution in [1.82, 2.24) is 4.90 Å². The van der Waals surface area contributed by atoms with Gasteiger partial charge in [-0.2, -0.15) is 0 Å². The first kappa shape index (κ1) is 17.2. The van der Waals surface area contributed by atoms with E-state index in [1.807, 2.05) is 48.2 Å². The fourth-order valence-electron chi connectivity index (χ4n) is 2.37. The molecule has 1 aliphatic heterocycles. The molecular weight excluding hydrogens is 391 g/mol. The lowest BCUT2D eigenvalue weighted by Gasteiger charge is -2.27.